The van der Waals surface area contributed by atoms with Crippen LogP contribution in [0.5, 0.6) is 5.75 Å². The molecule has 1 heterocycles. The van der Waals surface area contributed by atoms with Gasteiger partial charge in [-0.1, -0.05) is 36.2 Å². The summed E-state index contributed by atoms with van der Waals surface area (Å²) >= 11 is 12.2. The molecule has 2 aromatic rings. The van der Waals surface area contributed by atoms with Crippen molar-refractivity contribution < 1.29 is 9.53 Å². The van der Waals surface area contributed by atoms with Gasteiger partial charge in [-0.05, 0) is 86.3 Å². The number of carbonyl (C=O) groups excluding carboxylic acids is 1. The molecule has 1 aromatic heterocycles. The first-order chi connectivity index (χ1) is 15.0. The molecule has 1 amide bonds. The van der Waals surface area contributed by atoms with Gasteiger partial charge in [-0.25, -0.2) is 4.68 Å². The van der Waals surface area contributed by atoms with E-state index in [9.17, 15) is 4.79 Å². The van der Waals surface area contributed by atoms with Crippen molar-refractivity contribution in [2.45, 2.75) is 64.6 Å². The maximum Gasteiger partial charge on any atom is 0.272 e. The third-order valence-corrected chi connectivity index (χ3v) is 8.48. The quantitative estimate of drug-likeness (QED) is 0.553. The summed E-state index contributed by atoms with van der Waals surface area (Å²) in [5.41, 5.74) is 0.706. The second-order valence-electron chi connectivity index (χ2n) is 9.78. The van der Waals surface area contributed by atoms with Crippen LogP contribution >= 0.6 is 23.2 Å². The zero-order chi connectivity index (χ0) is 21.6. The summed E-state index contributed by atoms with van der Waals surface area (Å²) in [5, 5.41) is 8.57. The van der Waals surface area contributed by atoms with Crippen molar-refractivity contribution in [2.24, 2.45) is 23.2 Å². The number of aromatic nitrogens is 2. The van der Waals surface area contributed by atoms with Crippen LogP contribution < -0.4 is 10.1 Å². The van der Waals surface area contributed by atoms with Gasteiger partial charge in [0.05, 0.1) is 5.02 Å². The maximum atomic E-state index is 13.0. The van der Waals surface area contributed by atoms with Gasteiger partial charge < -0.3 is 10.1 Å². The Morgan fingerprint density at radius 1 is 1.19 bits per heavy atom. The van der Waals surface area contributed by atoms with Crippen LogP contribution in [0.4, 0.5) is 0 Å². The molecule has 1 aromatic carbocycles. The molecule has 6 rings (SSSR count). The largest absolute Gasteiger partial charge is 0.470 e. The molecule has 31 heavy (non-hydrogen) atoms. The summed E-state index contributed by atoms with van der Waals surface area (Å²) in [6, 6.07) is 7.20. The number of rotatable bonds is 7. The molecule has 0 spiro atoms. The van der Waals surface area contributed by atoms with Gasteiger partial charge in [-0.2, -0.15) is 5.10 Å². The van der Waals surface area contributed by atoms with E-state index in [1.165, 1.54) is 38.5 Å². The van der Waals surface area contributed by atoms with E-state index in [1.54, 1.807) is 35.1 Å². The highest BCUT2D eigenvalue weighted by Crippen LogP contribution is 2.61. The number of hydrogen-bond acceptors (Lipinski definition) is 3. The molecule has 4 saturated carbocycles. The van der Waals surface area contributed by atoms with Gasteiger partial charge in [-0.15, -0.1) is 0 Å². The standard InChI is InChI=1S/C24H29Cl2N3O2/c1-2-21(24-11-15-8-16(12-24)10-17(9-15)13-24)27-23(30)19-6-7-29(28-19)14-31-20-5-3-4-18(25)22(20)26/h3-7,15-17,21H,2,8-14H2,1H3,(H,27,30). The highest BCUT2D eigenvalue weighted by atomic mass is 35.5. The lowest BCUT2D eigenvalue weighted by molar-refractivity contribution is -0.0727. The molecule has 4 aliphatic carbocycles. The summed E-state index contributed by atoms with van der Waals surface area (Å²) < 4.78 is 7.31. The van der Waals surface area contributed by atoms with Crippen molar-refractivity contribution in [1.29, 1.82) is 0 Å². The van der Waals surface area contributed by atoms with E-state index in [0.29, 0.717) is 21.5 Å². The fraction of sp³-hybridized carbons (Fsp3) is 0.583. The van der Waals surface area contributed by atoms with Crippen molar-refractivity contribution in [3.05, 3.63) is 46.2 Å². The molecule has 0 aliphatic heterocycles. The molecular formula is C24H29Cl2N3O2. The average Bonchev–Trinajstić information content (AvgIpc) is 3.21. The maximum absolute atomic E-state index is 13.0. The third-order valence-electron chi connectivity index (χ3n) is 7.68. The SMILES string of the molecule is CCC(NC(=O)c1ccn(COc2cccc(Cl)c2Cl)n1)C12CC3CC(CC(C3)C1)C2. The molecule has 166 valence electrons. The molecular weight excluding hydrogens is 433 g/mol. The summed E-state index contributed by atoms with van der Waals surface area (Å²) in [7, 11) is 0. The van der Waals surface area contributed by atoms with Crippen LogP contribution in [-0.4, -0.2) is 21.7 Å². The molecule has 4 bridgehead atoms. The van der Waals surface area contributed by atoms with Crippen molar-refractivity contribution in [1.82, 2.24) is 15.1 Å². The molecule has 1 N–H and O–H groups in total. The van der Waals surface area contributed by atoms with E-state index in [0.717, 1.165) is 24.2 Å². The predicted octanol–water partition coefficient (Wildman–Crippen LogP) is 5.95. The molecule has 0 radical (unpaired) electrons. The fourth-order valence-corrected chi connectivity index (χ4v) is 7.16. The van der Waals surface area contributed by atoms with Crippen molar-refractivity contribution >= 4 is 29.1 Å². The number of nitrogens with one attached hydrogen (secondary N) is 1. The molecule has 5 nitrogen and oxygen atoms in total. The molecule has 4 fully saturated rings. The van der Waals surface area contributed by atoms with Crippen molar-refractivity contribution in [3.63, 3.8) is 0 Å². The zero-order valence-electron chi connectivity index (χ0n) is 17.8. The number of halogens is 2. The molecule has 0 saturated heterocycles. The fourth-order valence-electron chi connectivity index (χ4n) is 6.81. The van der Waals surface area contributed by atoms with E-state index in [2.05, 4.69) is 17.3 Å². The van der Waals surface area contributed by atoms with Gasteiger partial charge in [0, 0.05) is 12.2 Å². The Labute approximate surface area is 193 Å². The molecule has 1 unspecified atom stereocenters. The van der Waals surface area contributed by atoms with E-state index in [-0.39, 0.29) is 24.1 Å². The lowest BCUT2D eigenvalue weighted by atomic mass is 9.47. The highest BCUT2D eigenvalue weighted by Gasteiger charge is 2.54. The minimum atomic E-state index is -0.0952. The predicted molar refractivity (Wildman–Crippen MR) is 121 cm³/mol. The van der Waals surface area contributed by atoms with E-state index in [4.69, 9.17) is 27.9 Å². The van der Waals surface area contributed by atoms with E-state index in [1.807, 2.05) is 0 Å². The van der Waals surface area contributed by atoms with Gasteiger partial charge in [0.25, 0.3) is 5.91 Å². The van der Waals surface area contributed by atoms with Gasteiger partial charge >= 0.3 is 0 Å². The lowest BCUT2D eigenvalue weighted by Gasteiger charge is -2.59. The summed E-state index contributed by atoms with van der Waals surface area (Å²) in [5.74, 6) is 3.00. The number of amides is 1. The summed E-state index contributed by atoms with van der Waals surface area (Å²) in [4.78, 5) is 13.0. The smallest absolute Gasteiger partial charge is 0.272 e. The number of benzene rings is 1. The Morgan fingerprint density at radius 3 is 2.52 bits per heavy atom. The van der Waals surface area contributed by atoms with E-state index >= 15 is 0 Å². The summed E-state index contributed by atoms with van der Waals surface area (Å²) in [6.07, 6.45) is 10.8. The number of carbonyl (C=O) groups is 1. The minimum Gasteiger partial charge on any atom is -0.470 e. The Kier molecular flexibility index (Phi) is 5.68. The lowest BCUT2D eigenvalue weighted by Crippen LogP contribution is -2.56. The average molecular weight is 462 g/mol. The van der Waals surface area contributed by atoms with Crippen LogP contribution in [0.2, 0.25) is 10.0 Å². The second-order valence-corrected chi connectivity index (χ2v) is 10.6. The second kappa shape index (κ2) is 8.32. The normalized spacial score (nSPS) is 29.7. The first-order valence-corrected chi connectivity index (χ1v) is 12.1. The van der Waals surface area contributed by atoms with Gasteiger partial charge in [0.2, 0.25) is 0 Å². The number of nitrogens with zero attached hydrogens (tertiary/aromatic N) is 2. The Balaban J connectivity index is 1.23. The van der Waals surface area contributed by atoms with Crippen LogP contribution in [0, 0.1) is 23.2 Å². The van der Waals surface area contributed by atoms with Crippen LogP contribution in [0.15, 0.2) is 30.5 Å². The van der Waals surface area contributed by atoms with Gasteiger partial charge in [0.1, 0.15) is 16.5 Å². The van der Waals surface area contributed by atoms with Crippen molar-refractivity contribution in [2.75, 3.05) is 0 Å². The number of ether oxygens (including phenoxy) is 1. The minimum absolute atomic E-state index is 0.0952. The highest BCUT2D eigenvalue weighted by molar-refractivity contribution is 6.42. The third kappa shape index (κ3) is 4.07. The first-order valence-electron chi connectivity index (χ1n) is 11.4. The van der Waals surface area contributed by atoms with Crippen LogP contribution in [-0.2, 0) is 6.73 Å². The van der Waals surface area contributed by atoms with Crippen LogP contribution in [0.25, 0.3) is 0 Å². The first kappa shape index (κ1) is 21.1. The zero-order valence-corrected chi connectivity index (χ0v) is 19.3. The van der Waals surface area contributed by atoms with Crippen molar-refractivity contribution in [3.8, 4) is 5.75 Å². The molecule has 7 heteroatoms. The topological polar surface area (TPSA) is 56.2 Å². The Bertz CT molecular complexity index is 938. The number of hydrogen-bond donors (Lipinski definition) is 1. The van der Waals surface area contributed by atoms with Gasteiger partial charge in [-0.3, -0.25) is 4.79 Å². The Hall–Kier alpha value is -1.72. The van der Waals surface area contributed by atoms with Gasteiger partial charge in [0.15, 0.2) is 6.73 Å². The summed E-state index contributed by atoms with van der Waals surface area (Å²) in [6.45, 7) is 2.35. The molecule has 4 aliphatic rings. The van der Waals surface area contributed by atoms with E-state index < -0.39 is 0 Å². The molecule has 1 atom stereocenters. The van der Waals surface area contributed by atoms with Crippen LogP contribution in [0.3, 0.4) is 0 Å². The Morgan fingerprint density at radius 2 is 1.87 bits per heavy atom. The monoisotopic (exact) mass is 461 g/mol. The van der Waals surface area contributed by atoms with Crippen LogP contribution in [0.1, 0.15) is 62.4 Å².